The highest BCUT2D eigenvalue weighted by Crippen LogP contribution is 2.30. The number of hydrogen-bond acceptors (Lipinski definition) is 2. The number of rotatable bonds is 4. The molecule has 29 heavy (non-hydrogen) atoms. The first-order valence-corrected chi connectivity index (χ1v) is 9.60. The molecule has 0 spiro atoms. The van der Waals surface area contributed by atoms with Gasteiger partial charge >= 0.3 is 6.03 Å². The van der Waals surface area contributed by atoms with Gasteiger partial charge in [0.2, 0.25) is 0 Å². The Morgan fingerprint density at radius 2 is 1.69 bits per heavy atom. The number of amides is 2. The van der Waals surface area contributed by atoms with Gasteiger partial charge in [-0.15, -0.1) is 0 Å². The number of carbonyl (C=O) groups is 1. The van der Waals surface area contributed by atoms with Gasteiger partial charge in [0.05, 0.1) is 5.54 Å². The molecule has 4 rings (SSSR count). The van der Waals surface area contributed by atoms with Gasteiger partial charge in [0, 0.05) is 22.5 Å². The van der Waals surface area contributed by atoms with Gasteiger partial charge in [0.25, 0.3) is 0 Å². The summed E-state index contributed by atoms with van der Waals surface area (Å²) in [6.45, 7) is 9.93. The second kappa shape index (κ2) is 7.13. The lowest BCUT2D eigenvalue weighted by atomic mass is 9.92. The van der Waals surface area contributed by atoms with Crippen LogP contribution < -0.4 is 10.6 Å². The fourth-order valence-corrected chi connectivity index (χ4v) is 3.50. The van der Waals surface area contributed by atoms with Crippen LogP contribution in [0.25, 0.3) is 27.5 Å². The highest BCUT2D eigenvalue weighted by Gasteiger charge is 2.23. The fraction of sp³-hybridized carbons (Fsp3) is 0.160. The maximum Gasteiger partial charge on any atom is 0.319 e. The summed E-state index contributed by atoms with van der Waals surface area (Å²) in [7, 11) is 0. The summed E-state index contributed by atoms with van der Waals surface area (Å²) in [5.74, 6) is 0. The Labute approximate surface area is 170 Å². The van der Waals surface area contributed by atoms with E-state index in [4.69, 9.17) is 4.42 Å². The molecule has 0 fully saturated rings. The number of urea groups is 1. The number of benzene rings is 3. The lowest BCUT2D eigenvalue weighted by Gasteiger charge is -2.27. The molecular formula is C25H24N2O2. The summed E-state index contributed by atoms with van der Waals surface area (Å²) in [5.41, 5.74) is 4.79. The Bertz CT molecular complexity index is 1230. The topological polar surface area (TPSA) is 54.3 Å². The molecule has 0 unspecified atom stereocenters. The van der Waals surface area contributed by atoms with Crippen molar-refractivity contribution in [2.75, 3.05) is 5.32 Å². The molecule has 0 bridgehead atoms. The van der Waals surface area contributed by atoms with Gasteiger partial charge in [-0.2, -0.15) is 0 Å². The van der Waals surface area contributed by atoms with Crippen LogP contribution in [-0.2, 0) is 5.54 Å². The van der Waals surface area contributed by atoms with Gasteiger partial charge in [-0.3, -0.25) is 0 Å². The van der Waals surface area contributed by atoms with E-state index in [0.29, 0.717) is 5.69 Å². The van der Waals surface area contributed by atoms with Crippen molar-refractivity contribution in [2.24, 2.45) is 0 Å². The maximum absolute atomic E-state index is 12.7. The Balaban J connectivity index is 1.53. The van der Waals surface area contributed by atoms with Gasteiger partial charge in [-0.1, -0.05) is 48.6 Å². The fourth-order valence-electron chi connectivity index (χ4n) is 3.50. The SMILES string of the molecule is C=C(C)c1cccc(C(C)(C)NC(=O)Nc2ccc3c(c2)oc2ccccc23)c1. The first-order chi connectivity index (χ1) is 13.8. The number of anilines is 1. The van der Waals surface area contributed by atoms with Gasteiger partial charge in [0.1, 0.15) is 11.2 Å². The second-order valence-electron chi connectivity index (χ2n) is 7.87. The minimum Gasteiger partial charge on any atom is -0.456 e. The molecule has 2 N–H and O–H groups in total. The molecule has 0 aliphatic carbocycles. The van der Waals surface area contributed by atoms with E-state index in [9.17, 15) is 4.79 Å². The van der Waals surface area contributed by atoms with Gasteiger partial charge in [-0.25, -0.2) is 4.79 Å². The zero-order valence-corrected chi connectivity index (χ0v) is 16.9. The van der Waals surface area contributed by atoms with Crippen LogP contribution >= 0.6 is 0 Å². The summed E-state index contributed by atoms with van der Waals surface area (Å²) in [6.07, 6.45) is 0. The van der Waals surface area contributed by atoms with Crippen molar-refractivity contribution in [1.82, 2.24) is 5.32 Å². The molecule has 1 aromatic heterocycles. The summed E-state index contributed by atoms with van der Waals surface area (Å²) in [6, 6.07) is 21.4. The molecule has 2 amide bonds. The van der Waals surface area contributed by atoms with Crippen molar-refractivity contribution in [2.45, 2.75) is 26.3 Å². The molecule has 0 aliphatic rings. The third kappa shape index (κ3) is 3.74. The van der Waals surface area contributed by atoms with E-state index >= 15 is 0 Å². The van der Waals surface area contributed by atoms with E-state index in [0.717, 1.165) is 38.6 Å². The zero-order chi connectivity index (χ0) is 20.6. The van der Waals surface area contributed by atoms with E-state index < -0.39 is 5.54 Å². The predicted molar refractivity (Wildman–Crippen MR) is 120 cm³/mol. The predicted octanol–water partition coefficient (Wildman–Crippen LogP) is 6.68. The normalized spacial score (nSPS) is 11.6. The van der Waals surface area contributed by atoms with E-state index in [1.54, 1.807) is 0 Å². The quantitative estimate of drug-likeness (QED) is 0.412. The summed E-state index contributed by atoms with van der Waals surface area (Å²) in [5, 5.41) is 8.06. The van der Waals surface area contributed by atoms with Crippen LogP contribution in [0, 0.1) is 0 Å². The van der Waals surface area contributed by atoms with E-state index in [-0.39, 0.29) is 6.03 Å². The minimum absolute atomic E-state index is 0.272. The largest absolute Gasteiger partial charge is 0.456 e. The molecule has 0 aliphatic heterocycles. The van der Waals surface area contributed by atoms with Crippen LogP contribution in [0.2, 0.25) is 0 Å². The van der Waals surface area contributed by atoms with E-state index in [1.165, 1.54) is 0 Å². The number of fused-ring (bicyclic) bond motifs is 3. The number of hydrogen-bond donors (Lipinski definition) is 2. The third-order valence-electron chi connectivity index (χ3n) is 5.14. The van der Waals surface area contributed by atoms with Crippen molar-refractivity contribution in [1.29, 1.82) is 0 Å². The molecule has 0 saturated carbocycles. The zero-order valence-electron chi connectivity index (χ0n) is 16.9. The maximum atomic E-state index is 12.7. The van der Waals surface area contributed by atoms with Crippen LogP contribution in [0.1, 0.15) is 31.9 Å². The lowest BCUT2D eigenvalue weighted by Crippen LogP contribution is -2.43. The van der Waals surface area contributed by atoms with Gasteiger partial charge in [0.15, 0.2) is 0 Å². The van der Waals surface area contributed by atoms with Crippen LogP contribution in [-0.4, -0.2) is 6.03 Å². The molecule has 4 heteroatoms. The van der Waals surface area contributed by atoms with Crippen molar-refractivity contribution in [3.63, 3.8) is 0 Å². The molecule has 3 aromatic carbocycles. The number of carbonyl (C=O) groups excluding carboxylic acids is 1. The Kier molecular flexibility index (Phi) is 4.63. The Morgan fingerprint density at radius 3 is 2.48 bits per heavy atom. The average Bonchev–Trinajstić information content (AvgIpc) is 3.05. The molecule has 146 valence electrons. The second-order valence-corrected chi connectivity index (χ2v) is 7.87. The molecule has 0 atom stereocenters. The van der Waals surface area contributed by atoms with Gasteiger partial charge < -0.3 is 15.1 Å². The number of nitrogens with one attached hydrogen (secondary N) is 2. The van der Waals surface area contributed by atoms with Crippen molar-refractivity contribution < 1.29 is 9.21 Å². The molecule has 4 aromatic rings. The highest BCUT2D eigenvalue weighted by atomic mass is 16.3. The standard InChI is InChI=1S/C25H24N2O2/c1-16(2)17-8-7-9-18(14-17)25(3,4)27-24(28)26-19-12-13-21-20-10-5-6-11-22(20)29-23(21)15-19/h5-15H,1H2,2-4H3,(H2,26,27,28). The summed E-state index contributed by atoms with van der Waals surface area (Å²) in [4.78, 5) is 12.7. The number of allylic oxidation sites excluding steroid dienone is 1. The van der Waals surface area contributed by atoms with Crippen molar-refractivity contribution in [3.05, 3.63) is 84.4 Å². The third-order valence-corrected chi connectivity index (χ3v) is 5.14. The van der Waals surface area contributed by atoms with E-state index in [2.05, 4.69) is 23.3 Å². The number of furan rings is 1. The first kappa shape index (κ1) is 18.8. The first-order valence-electron chi connectivity index (χ1n) is 9.60. The van der Waals surface area contributed by atoms with Gasteiger partial charge in [-0.05, 0) is 56.2 Å². The van der Waals surface area contributed by atoms with Crippen LogP contribution in [0.3, 0.4) is 0 Å². The smallest absolute Gasteiger partial charge is 0.319 e. The molecule has 0 radical (unpaired) electrons. The summed E-state index contributed by atoms with van der Waals surface area (Å²) < 4.78 is 5.90. The van der Waals surface area contributed by atoms with Crippen molar-refractivity contribution in [3.8, 4) is 0 Å². The van der Waals surface area contributed by atoms with Crippen LogP contribution in [0.15, 0.2) is 77.7 Å². The van der Waals surface area contributed by atoms with Crippen LogP contribution in [0.5, 0.6) is 0 Å². The molecule has 4 nitrogen and oxygen atoms in total. The molecule has 1 heterocycles. The minimum atomic E-state index is -0.543. The van der Waals surface area contributed by atoms with E-state index in [1.807, 2.05) is 81.4 Å². The Hall–Kier alpha value is -3.53. The summed E-state index contributed by atoms with van der Waals surface area (Å²) >= 11 is 0. The van der Waals surface area contributed by atoms with Crippen LogP contribution in [0.4, 0.5) is 10.5 Å². The molecular weight excluding hydrogens is 360 g/mol. The highest BCUT2D eigenvalue weighted by molar-refractivity contribution is 6.06. The monoisotopic (exact) mass is 384 g/mol. The Morgan fingerprint density at radius 1 is 0.931 bits per heavy atom. The van der Waals surface area contributed by atoms with Crippen molar-refractivity contribution >= 4 is 39.2 Å². The average molecular weight is 384 g/mol. The lowest BCUT2D eigenvalue weighted by molar-refractivity contribution is 0.242. The number of para-hydroxylation sites is 1. The molecule has 0 saturated heterocycles.